The van der Waals surface area contributed by atoms with Gasteiger partial charge in [-0.3, -0.25) is 4.79 Å². The minimum atomic E-state index is -0.249. The first-order valence-corrected chi connectivity index (χ1v) is 8.25. The lowest BCUT2D eigenvalue weighted by Gasteiger charge is -2.27. The van der Waals surface area contributed by atoms with E-state index in [4.69, 9.17) is 0 Å². The summed E-state index contributed by atoms with van der Waals surface area (Å²) in [4.78, 5) is 13.8. The Hall–Kier alpha value is -1.00. The molecule has 0 saturated heterocycles. The molecule has 110 valence electrons. The molecule has 4 heteroatoms. The van der Waals surface area contributed by atoms with E-state index in [2.05, 4.69) is 22.8 Å². The van der Waals surface area contributed by atoms with Crippen LogP contribution in [0.15, 0.2) is 35.2 Å². The highest BCUT2D eigenvalue weighted by Crippen LogP contribution is 2.45. The summed E-state index contributed by atoms with van der Waals surface area (Å²) in [6.45, 7) is 1.70. The second-order valence-electron chi connectivity index (χ2n) is 5.33. The van der Waals surface area contributed by atoms with E-state index in [1.54, 1.807) is 11.8 Å². The number of benzene rings is 1. The summed E-state index contributed by atoms with van der Waals surface area (Å²) in [6, 6.07) is 10.3. The molecular weight excluding hydrogens is 268 g/mol. The second-order valence-corrected chi connectivity index (χ2v) is 6.79. The molecule has 1 aliphatic carbocycles. The topological polar surface area (TPSA) is 41.1 Å². The van der Waals surface area contributed by atoms with Crippen molar-refractivity contribution in [3.05, 3.63) is 30.3 Å². The Morgan fingerprint density at radius 2 is 1.90 bits per heavy atom. The van der Waals surface area contributed by atoms with E-state index in [-0.39, 0.29) is 10.7 Å². The molecule has 0 heterocycles. The third-order valence-electron chi connectivity index (χ3n) is 3.77. The third-order valence-corrected chi connectivity index (χ3v) is 5.26. The van der Waals surface area contributed by atoms with Crippen molar-refractivity contribution in [2.24, 2.45) is 0 Å². The summed E-state index contributed by atoms with van der Waals surface area (Å²) in [5.74, 6) is 0.222. The summed E-state index contributed by atoms with van der Waals surface area (Å²) in [6.07, 6.45) is 5.27. The van der Waals surface area contributed by atoms with E-state index in [0.29, 0.717) is 0 Å². The van der Waals surface area contributed by atoms with Crippen LogP contribution in [0.25, 0.3) is 0 Å². The van der Waals surface area contributed by atoms with Crippen molar-refractivity contribution in [1.29, 1.82) is 0 Å². The molecule has 1 fully saturated rings. The quantitative estimate of drug-likeness (QED) is 0.759. The smallest absolute Gasteiger partial charge is 0.236 e. The second kappa shape index (κ2) is 7.70. The Morgan fingerprint density at radius 1 is 1.20 bits per heavy atom. The maximum atomic E-state index is 12.6. The van der Waals surface area contributed by atoms with Crippen LogP contribution < -0.4 is 10.6 Å². The zero-order chi connectivity index (χ0) is 14.3. The first-order valence-electron chi connectivity index (χ1n) is 7.44. The summed E-state index contributed by atoms with van der Waals surface area (Å²) in [7, 11) is 1.94. The van der Waals surface area contributed by atoms with Crippen molar-refractivity contribution in [1.82, 2.24) is 10.6 Å². The molecule has 2 N–H and O–H groups in total. The normalized spacial score (nSPS) is 17.1. The number of hydrogen-bond acceptors (Lipinski definition) is 3. The number of rotatable bonds is 7. The van der Waals surface area contributed by atoms with E-state index in [9.17, 15) is 4.79 Å². The molecule has 0 aliphatic heterocycles. The van der Waals surface area contributed by atoms with Crippen molar-refractivity contribution in [3.8, 4) is 0 Å². The molecule has 1 aromatic carbocycles. The molecule has 1 aromatic rings. The van der Waals surface area contributed by atoms with Crippen LogP contribution in [0.3, 0.4) is 0 Å². The van der Waals surface area contributed by atoms with Crippen LogP contribution >= 0.6 is 11.8 Å². The minimum absolute atomic E-state index is 0.222. The largest absolute Gasteiger partial charge is 0.355 e. The van der Waals surface area contributed by atoms with Gasteiger partial charge in [0.2, 0.25) is 5.91 Å². The molecular formula is C16H24N2OS. The van der Waals surface area contributed by atoms with Crippen LogP contribution in [-0.2, 0) is 4.79 Å². The molecule has 0 spiro atoms. The summed E-state index contributed by atoms with van der Waals surface area (Å²) >= 11 is 1.74. The highest BCUT2D eigenvalue weighted by molar-refractivity contribution is 8.01. The maximum Gasteiger partial charge on any atom is 0.236 e. The average Bonchev–Trinajstić information content (AvgIpc) is 2.94. The van der Waals surface area contributed by atoms with Gasteiger partial charge < -0.3 is 10.6 Å². The van der Waals surface area contributed by atoms with E-state index in [1.165, 1.54) is 4.90 Å². The maximum absolute atomic E-state index is 12.6. The van der Waals surface area contributed by atoms with Crippen LogP contribution in [0.1, 0.15) is 32.1 Å². The van der Waals surface area contributed by atoms with Gasteiger partial charge in [0.1, 0.15) is 0 Å². The van der Waals surface area contributed by atoms with Gasteiger partial charge in [-0.2, -0.15) is 0 Å². The van der Waals surface area contributed by atoms with E-state index < -0.39 is 0 Å². The fourth-order valence-electron chi connectivity index (χ4n) is 2.66. The van der Waals surface area contributed by atoms with Crippen LogP contribution in [0.4, 0.5) is 0 Å². The molecule has 1 aliphatic rings. The van der Waals surface area contributed by atoms with E-state index in [1.807, 2.05) is 25.2 Å². The lowest BCUT2D eigenvalue weighted by molar-refractivity contribution is -0.123. The van der Waals surface area contributed by atoms with Crippen molar-refractivity contribution >= 4 is 17.7 Å². The molecule has 20 heavy (non-hydrogen) atoms. The Labute approximate surface area is 125 Å². The molecule has 3 nitrogen and oxygen atoms in total. The molecule has 0 bridgehead atoms. The standard InChI is InChI=1S/C16H24N2OS/c1-17-12-7-13-18-15(19)16(10-5-6-11-16)20-14-8-3-2-4-9-14/h2-4,8-9,17H,5-7,10-13H2,1H3,(H,18,19). The Bertz CT molecular complexity index is 416. The van der Waals surface area contributed by atoms with Gasteiger partial charge >= 0.3 is 0 Å². The number of hydrogen-bond donors (Lipinski definition) is 2. The fraction of sp³-hybridized carbons (Fsp3) is 0.562. The van der Waals surface area contributed by atoms with Gasteiger partial charge in [-0.1, -0.05) is 31.0 Å². The minimum Gasteiger partial charge on any atom is -0.355 e. The van der Waals surface area contributed by atoms with Gasteiger partial charge in [-0.15, -0.1) is 11.8 Å². The van der Waals surface area contributed by atoms with Gasteiger partial charge in [0.15, 0.2) is 0 Å². The Balaban J connectivity index is 1.96. The summed E-state index contributed by atoms with van der Waals surface area (Å²) in [5, 5.41) is 6.22. The first-order chi connectivity index (χ1) is 9.77. The molecule has 0 radical (unpaired) electrons. The van der Waals surface area contributed by atoms with Crippen LogP contribution in [0, 0.1) is 0 Å². The highest BCUT2D eigenvalue weighted by atomic mass is 32.2. The Kier molecular flexibility index (Phi) is 5.92. The van der Waals surface area contributed by atoms with Crippen molar-refractivity contribution < 1.29 is 4.79 Å². The predicted octanol–water partition coefficient (Wildman–Crippen LogP) is 2.82. The number of thioether (sulfide) groups is 1. The van der Waals surface area contributed by atoms with Crippen LogP contribution in [0.5, 0.6) is 0 Å². The van der Waals surface area contributed by atoms with Gasteiger partial charge in [0.05, 0.1) is 4.75 Å². The van der Waals surface area contributed by atoms with Crippen LogP contribution in [-0.4, -0.2) is 30.8 Å². The fourth-order valence-corrected chi connectivity index (χ4v) is 4.07. The zero-order valence-corrected chi connectivity index (χ0v) is 13.0. The van der Waals surface area contributed by atoms with Gasteiger partial charge in [0, 0.05) is 11.4 Å². The lowest BCUT2D eigenvalue weighted by Crippen LogP contribution is -2.43. The summed E-state index contributed by atoms with van der Waals surface area (Å²) < 4.78 is -0.249. The number of nitrogens with one attached hydrogen (secondary N) is 2. The summed E-state index contributed by atoms with van der Waals surface area (Å²) in [5.41, 5.74) is 0. The molecule has 0 atom stereocenters. The number of carbonyl (C=O) groups excluding carboxylic acids is 1. The monoisotopic (exact) mass is 292 g/mol. The van der Waals surface area contributed by atoms with Crippen LogP contribution in [0.2, 0.25) is 0 Å². The lowest BCUT2D eigenvalue weighted by atomic mass is 10.1. The van der Waals surface area contributed by atoms with E-state index in [0.717, 1.165) is 45.2 Å². The van der Waals surface area contributed by atoms with E-state index >= 15 is 0 Å². The van der Waals surface area contributed by atoms with Crippen molar-refractivity contribution in [3.63, 3.8) is 0 Å². The molecule has 0 aromatic heterocycles. The number of amides is 1. The molecule has 1 amide bonds. The number of carbonyl (C=O) groups is 1. The van der Waals surface area contributed by atoms with Crippen molar-refractivity contribution in [2.75, 3.05) is 20.1 Å². The van der Waals surface area contributed by atoms with Gasteiger partial charge in [0.25, 0.3) is 0 Å². The predicted molar refractivity (Wildman–Crippen MR) is 85.1 cm³/mol. The average molecular weight is 292 g/mol. The molecule has 0 unspecified atom stereocenters. The SMILES string of the molecule is CNCCCNC(=O)C1(Sc2ccccc2)CCCC1. The first kappa shape index (κ1) is 15.4. The zero-order valence-electron chi connectivity index (χ0n) is 12.2. The molecule has 1 saturated carbocycles. The van der Waals surface area contributed by atoms with Gasteiger partial charge in [-0.05, 0) is 45.0 Å². The van der Waals surface area contributed by atoms with Crippen molar-refractivity contribution in [2.45, 2.75) is 41.7 Å². The third kappa shape index (κ3) is 4.00. The highest BCUT2D eigenvalue weighted by Gasteiger charge is 2.41. The molecule has 2 rings (SSSR count). The Morgan fingerprint density at radius 3 is 2.55 bits per heavy atom. The van der Waals surface area contributed by atoms with Gasteiger partial charge in [-0.25, -0.2) is 0 Å².